The number of amides is 1. The van der Waals surface area contributed by atoms with Crippen LogP contribution in [0, 0.1) is 0 Å². The molecule has 1 N–H and O–H groups in total. The molecular formula is C18H14N4OS2. The predicted molar refractivity (Wildman–Crippen MR) is 99.1 cm³/mol. The van der Waals surface area contributed by atoms with Gasteiger partial charge in [0.1, 0.15) is 6.04 Å². The Kier molecular flexibility index (Phi) is 3.43. The Balaban J connectivity index is 1.64. The van der Waals surface area contributed by atoms with E-state index in [1.54, 1.807) is 23.9 Å². The molecule has 7 heteroatoms. The maximum Gasteiger partial charge on any atom is 0.283 e. The Morgan fingerprint density at radius 1 is 1.28 bits per heavy atom. The molecule has 0 saturated carbocycles. The van der Waals surface area contributed by atoms with Crippen LogP contribution < -0.4 is 0 Å². The average molecular weight is 366 g/mol. The summed E-state index contributed by atoms with van der Waals surface area (Å²) >= 11 is 3.11. The van der Waals surface area contributed by atoms with Gasteiger partial charge in [-0.2, -0.15) is 0 Å². The van der Waals surface area contributed by atoms with Crippen LogP contribution in [0.25, 0.3) is 10.1 Å². The van der Waals surface area contributed by atoms with Crippen LogP contribution in [0.4, 0.5) is 0 Å². The van der Waals surface area contributed by atoms with Crippen molar-refractivity contribution in [2.75, 3.05) is 6.54 Å². The van der Waals surface area contributed by atoms with Gasteiger partial charge < -0.3 is 9.88 Å². The van der Waals surface area contributed by atoms with Gasteiger partial charge in [0.25, 0.3) is 5.91 Å². The van der Waals surface area contributed by atoms with Gasteiger partial charge in [0.2, 0.25) is 0 Å². The SMILES string of the molecule is O=C(c1nccs1)N1CCc2[nH]cnc2[C@@H]1c1cc2ccccc2s1. The molecule has 5 rings (SSSR count). The van der Waals surface area contributed by atoms with Crippen molar-refractivity contribution in [3.63, 3.8) is 0 Å². The molecule has 0 saturated heterocycles. The van der Waals surface area contributed by atoms with Crippen molar-refractivity contribution in [2.45, 2.75) is 12.5 Å². The summed E-state index contributed by atoms with van der Waals surface area (Å²) in [5, 5.41) is 3.57. The van der Waals surface area contributed by atoms with Crippen molar-refractivity contribution in [3.05, 3.63) is 69.5 Å². The van der Waals surface area contributed by atoms with Gasteiger partial charge in [-0.3, -0.25) is 4.79 Å². The van der Waals surface area contributed by atoms with Crippen molar-refractivity contribution >= 4 is 38.7 Å². The number of aromatic nitrogens is 3. The zero-order valence-electron chi connectivity index (χ0n) is 13.2. The molecule has 0 unspecified atom stereocenters. The van der Waals surface area contributed by atoms with Gasteiger partial charge >= 0.3 is 0 Å². The zero-order chi connectivity index (χ0) is 16.8. The molecule has 1 aliphatic heterocycles. The molecule has 0 radical (unpaired) electrons. The monoisotopic (exact) mass is 366 g/mol. The van der Waals surface area contributed by atoms with Crippen molar-refractivity contribution in [1.29, 1.82) is 0 Å². The fourth-order valence-corrected chi connectivity index (χ4v) is 5.14. The van der Waals surface area contributed by atoms with Crippen LogP contribution >= 0.6 is 22.7 Å². The quantitative estimate of drug-likeness (QED) is 0.586. The van der Waals surface area contributed by atoms with Crippen LogP contribution in [0.3, 0.4) is 0 Å². The van der Waals surface area contributed by atoms with E-state index in [1.807, 2.05) is 22.4 Å². The number of benzene rings is 1. The molecule has 1 atom stereocenters. The van der Waals surface area contributed by atoms with Crippen LogP contribution in [0.1, 0.15) is 32.1 Å². The van der Waals surface area contributed by atoms with Crippen molar-refractivity contribution in [1.82, 2.24) is 19.9 Å². The molecule has 0 bridgehead atoms. The highest BCUT2D eigenvalue weighted by molar-refractivity contribution is 7.19. The first-order chi connectivity index (χ1) is 12.3. The molecule has 0 fully saturated rings. The molecule has 1 aliphatic rings. The number of hydrogen-bond donors (Lipinski definition) is 1. The fourth-order valence-electron chi connectivity index (χ4n) is 3.37. The van der Waals surface area contributed by atoms with Crippen molar-refractivity contribution < 1.29 is 4.79 Å². The third kappa shape index (κ3) is 2.39. The minimum atomic E-state index is -0.163. The number of thiazole rings is 1. The zero-order valence-corrected chi connectivity index (χ0v) is 14.8. The lowest BCUT2D eigenvalue weighted by Gasteiger charge is -2.33. The highest BCUT2D eigenvalue weighted by atomic mass is 32.1. The molecule has 1 aromatic carbocycles. The van der Waals surface area contributed by atoms with Gasteiger partial charge in [-0.1, -0.05) is 18.2 Å². The summed E-state index contributed by atoms with van der Waals surface area (Å²) < 4.78 is 1.22. The molecule has 4 aromatic rings. The smallest absolute Gasteiger partial charge is 0.283 e. The lowest BCUT2D eigenvalue weighted by atomic mass is 10.0. The number of thiophene rings is 1. The summed E-state index contributed by atoms with van der Waals surface area (Å²) in [7, 11) is 0. The van der Waals surface area contributed by atoms with Crippen LogP contribution in [0.5, 0.6) is 0 Å². The third-order valence-electron chi connectivity index (χ3n) is 4.52. The second-order valence-electron chi connectivity index (χ2n) is 5.94. The summed E-state index contributed by atoms with van der Waals surface area (Å²) in [4.78, 5) is 28.1. The molecule has 4 heterocycles. The van der Waals surface area contributed by atoms with E-state index >= 15 is 0 Å². The van der Waals surface area contributed by atoms with Gasteiger partial charge in [0, 0.05) is 39.8 Å². The molecule has 0 spiro atoms. The Labute approximate surface area is 152 Å². The molecule has 1 amide bonds. The van der Waals surface area contributed by atoms with E-state index in [-0.39, 0.29) is 11.9 Å². The van der Waals surface area contributed by atoms with E-state index in [9.17, 15) is 4.79 Å². The second-order valence-corrected chi connectivity index (χ2v) is 7.95. The topological polar surface area (TPSA) is 61.9 Å². The van der Waals surface area contributed by atoms with Gasteiger partial charge in [0.15, 0.2) is 5.01 Å². The summed E-state index contributed by atoms with van der Waals surface area (Å²) in [6.45, 7) is 0.659. The molecule has 25 heavy (non-hydrogen) atoms. The van der Waals surface area contributed by atoms with Crippen molar-refractivity contribution in [2.24, 2.45) is 0 Å². The largest absolute Gasteiger partial charge is 0.348 e. The number of rotatable bonds is 2. The van der Waals surface area contributed by atoms with Gasteiger partial charge in [-0.05, 0) is 17.5 Å². The molecule has 5 nitrogen and oxygen atoms in total. The molecule has 3 aromatic heterocycles. The number of nitrogens with zero attached hydrogens (tertiary/aromatic N) is 3. The molecular weight excluding hydrogens is 352 g/mol. The van der Waals surface area contributed by atoms with E-state index in [1.165, 1.54) is 21.4 Å². The lowest BCUT2D eigenvalue weighted by molar-refractivity contribution is 0.0693. The number of fused-ring (bicyclic) bond motifs is 2. The van der Waals surface area contributed by atoms with E-state index in [4.69, 9.17) is 0 Å². The number of H-pyrrole nitrogens is 1. The summed E-state index contributed by atoms with van der Waals surface area (Å²) in [5.74, 6) is -0.0221. The number of hydrogen-bond acceptors (Lipinski definition) is 5. The van der Waals surface area contributed by atoms with Gasteiger partial charge in [0.05, 0.1) is 12.0 Å². The third-order valence-corrected chi connectivity index (χ3v) is 6.44. The van der Waals surface area contributed by atoms with Crippen LogP contribution in [-0.4, -0.2) is 32.3 Å². The van der Waals surface area contributed by atoms with E-state index in [0.717, 1.165) is 22.7 Å². The Morgan fingerprint density at radius 3 is 3.04 bits per heavy atom. The highest BCUT2D eigenvalue weighted by Gasteiger charge is 2.36. The summed E-state index contributed by atoms with van der Waals surface area (Å²) in [6.07, 6.45) is 4.19. The first kappa shape index (κ1) is 14.8. The van der Waals surface area contributed by atoms with Crippen LogP contribution in [-0.2, 0) is 6.42 Å². The number of nitrogens with one attached hydrogen (secondary N) is 1. The number of carbonyl (C=O) groups excluding carboxylic acids is 1. The fraction of sp³-hybridized carbons (Fsp3) is 0.167. The van der Waals surface area contributed by atoms with E-state index in [0.29, 0.717) is 11.6 Å². The summed E-state index contributed by atoms with van der Waals surface area (Å²) in [5.41, 5.74) is 2.06. The maximum absolute atomic E-state index is 13.0. The molecule has 0 aliphatic carbocycles. The van der Waals surface area contributed by atoms with Crippen molar-refractivity contribution in [3.8, 4) is 0 Å². The maximum atomic E-state index is 13.0. The van der Waals surface area contributed by atoms with E-state index in [2.05, 4.69) is 33.2 Å². The first-order valence-electron chi connectivity index (χ1n) is 8.02. The first-order valence-corrected chi connectivity index (χ1v) is 9.72. The number of aromatic amines is 1. The lowest BCUT2D eigenvalue weighted by Crippen LogP contribution is -2.40. The van der Waals surface area contributed by atoms with E-state index < -0.39 is 0 Å². The highest BCUT2D eigenvalue weighted by Crippen LogP contribution is 2.40. The van der Waals surface area contributed by atoms with Crippen LogP contribution in [0.2, 0.25) is 0 Å². The minimum absolute atomic E-state index is 0.0221. The number of imidazole rings is 1. The van der Waals surface area contributed by atoms with Crippen LogP contribution in [0.15, 0.2) is 48.2 Å². The molecule has 124 valence electrons. The minimum Gasteiger partial charge on any atom is -0.348 e. The predicted octanol–water partition coefficient (Wildman–Crippen LogP) is 3.87. The average Bonchev–Trinajstić information content (AvgIpc) is 3.39. The Morgan fingerprint density at radius 2 is 2.20 bits per heavy atom. The van der Waals surface area contributed by atoms with Gasteiger partial charge in [-0.25, -0.2) is 9.97 Å². The summed E-state index contributed by atoms with van der Waals surface area (Å²) in [6, 6.07) is 10.3. The Bertz CT molecular complexity index is 1020. The normalized spacial score (nSPS) is 17.0. The second kappa shape index (κ2) is 5.79. The standard InChI is InChI=1S/C18H14N4OS2/c23-18(17-19-6-8-24-17)22-7-5-12-15(21-10-20-12)16(22)14-9-11-3-1-2-4-13(11)25-14/h1-4,6,8-10,16H,5,7H2,(H,20,21)/t16-/m0/s1. The number of carbonyl (C=O) groups is 1. The Hall–Kier alpha value is -2.51. The van der Waals surface area contributed by atoms with Gasteiger partial charge in [-0.15, -0.1) is 22.7 Å².